The van der Waals surface area contributed by atoms with Gasteiger partial charge in [-0.25, -0.2) is 0 Å². The van der Waals surface area contributed by atoms with Crippen molar-refractivity contribution in [3.63, 3.8) is 0 Å². The molecule has 1 heterocycles. The van der Waals surface area contributed by atoms with Crippen LogP contribution in [-0.4, -0.2) is 7.05 Å². The molecule has 0 aliphatic carbocycles. The summed E-state index contributed by atoms with van der Waals surface area (Å²) in [6.45, 7) is 4.56. The summed E-state index contributed by atoms with van der Waals surface area (Å²) in [6, 6.07) is 34.4. The van der Waals surface area contributed by atoms with E-state index >= 15 is 0 Å². The monoisotopic (exact) mass is 419 g/mol. The van der Waals surface area contributed by atoms with Crippen LogP contribution in [0.3, 0.4) is 0 Å². The Morgan fingerprint density at radius 3 is 2.06 bits per heavy atom. The maximum absolute atomic E-state index is 6.25. The van der Waals surface area contributed by atoms with Crippen LogP contribution < -0.4 is 4.90 Å². The van der Waals surface area contributed by atoms with Crippen molar-refractivity contribution < 1.29 is 4.42 Å². The number of hydrogen-bond donors (Lipinski definition) is 0. The van der Waals surface area contributed by atoms with E-state index < -0.39 is 0 Å². The molecule has 0 radical (unpaired) electrons. The molecule has 0 spiro atoms. The van der Waals surface area contributed by atoms with Crippen LogP contribution in [0.4, 0.5) is 5.69 Å². The minimum atomic E-state index is -0.0263. The van der Waals surface area contributed by atoms with Crippen LogP contribution in [0.2, 0.25) is 0 Å². The predicted octanol–water partition coefficient (Wildman–Crippen LogP) is 8.40. The minimum Gasteiger partial charge on any atom is -0.455 e. The van der Waals surface area contributed by atoms with Crippen molar-refractivity contribution in [2.45, 2.75) is 32.2 Å². The Labute approximate surface area is 190 Å². The van der Waals surface area contributed by atoms with Crippen molar-refractivity contribution in [3.8, 4) is 11.1 Å². The molecule has 0 saturated carbocycles. The van der Waals surface area contributed by atoms with Gasteiger partial charge in [-0.3, -0.25) is 0 Å². The highest BCUT2D eigenvalue weighted by Gasteiger charge is 2.33. The van der Waals surface area contributed by atoms with Crippen LogP contribution in [0.25, 0.3) is 33.1 Å². The van der Waals surface area contributed by atoms with Crippen molar-refractivity contribution in [1.29, 1.82) is 0 Å². The van der Waals surface area contributed by atoms with Gasteiger partial charge in [-0.15, -0.1) is 0 Å². The highest BCUT2D eigenvalue weighted by Crippen LogP contribution is 2.40. The first-order valence-corrected chi connectivity index (χ1v) is 11.5. The van der Waals surface area contributed by atoms with E-state index in [9.17, 15) is 0 Å². The van der Waals surface area contributed by atoms with Gasteiger partial charge in [0, 0.05) is 29.1 Å². The summed E-state index contributed by atoms with van der Waals surface area (Å²) in [5.74, 6) is 0. The fraction of sp³-hybridized carbons (Fsp3) is 0.200. The van der Waals surface area contributed by atoms with Gasteiger partial charge in [0.15, 0.2) is 0 Å². The van der Waals surface area contributed by atoms with Crippen LogP contribution in [0.5, 0.6) is 0 Å². The first-order chi connectivity index (χ1) is 15.7. The van der Waals surface area contributed by atoms with Crippen molar-refractivity contribution in [2.24, 2.45) is 0 Å². The quantitative estimate of drug-likeness (QED) is 0.275. The molecule has 5 aromatic rings. The average molecular weight is 420 g/mol. The summed E-state index contributed by atoms with van der Waals surface area (Å²) in [6.07, 6.45) is 2.09. The highest BCUT2D eigenvalue weighted by atomic mass is 16.3. The summed E-state index contributed by atoms with van der Waals surface area (Å²) in [5.41, 5.74) is 6.75. The number of furan rings is 1. The molecular formula is C30H29NO. The Morgan fingerprint density at radius 1 is 0.688 bits per heavy atom. The molecule has 32 heavy (non-hydrogen) atoms. The smallest absolute Gasteiger partial charge is 0.143 e. The van der Waals surface area contributed by atoms with Gasteiger partial charge in [-0.2, -0.15) is 0 Å². The van der Waals surface area contributed by atoms with E-state index in [0.29, 0.717) is 0 Å². The van der Waals surface area contributed by atoms with Crippen LogP contribution in [0, 0.1) is 0 Å². The minimum absolute atomic E-state index is 0.0263. The Morgan fingerprint density at radius 2 is 1.34 bits per heavy atom. The van der Waals surface area contributed by atoms with Gasteiger partial charge in [0.05, 0.1) is 5.54 Å². The second-order valence-electron chi connectivity index (χ2n) is 8.49. The Hall–Kier alpha value is -3.52. The van der Waals surface area contributed by atoms with Gasteiger partial charge >= 0.3 is 0 Å². The SMILES string of the molecule is CCC(CC)(c1ccccc1)N(C)c1ccc(-c2cccc3c2oc2ccccc23)cc1. The van der Waals surface area contributed by atoms with E-state index in [2.05, 4.69) is 111 Å². The van der Waals surface area contributed by atoms with E-state index in [0.717, 1.165) is 29.6 Å². The maximum Gasteiger partial charge on any atom is 0.143 e. The normalized spacial score (nSPS) is 11.8. The second-order valence-corrected chi connectivity index (χ2v) is 8.49. The molecule has 0 saturated heterocycles. The third-order valence-corrected chi connectivity index (χ3v) is 7.09. The van der Waals surface area contributed by atoms with Crippen molar-refractivity contribution in [1.82, 2.24) is 0 Å². The lowest BCUT2D eigenvalue weighted by Gasteiger charge is -2.43. The predicted molar refractivity (Wildman–Crippen MR) is 136 cm³/mol. The molecule has 0 atom stereocenters. The molecule has 0 amide bonds. The van der Waals surface area contributed by atoms with Gasteiger partial charge in [0.2, 0.25) is 0 Å². The van der Waals surface area contributed by atoms with Crippen molar-refractivity contribution >= 4 is 27.6 Å². The zero-order valence-corrected chi connectivity index (χ0v) is 19.0. The molecule has 0 bridgehead atoms. The Bertz CT molecular complexity index is 1340. The molecule has 160 valence electrons. The van der Waals surface area contributed by atoms with Crippen LogP contribution in [0.15, 0.2) is 101 Å². The molecule has 0 N–H and O–H groups in total. The van der Waals surface area contributed by atoms with E-state index in [1.165, 1.54) is 27.6 Å². The van der Waals surface area contributed by atoms with Gasteiger partial charge in [-0.05, 0) is 42.2 Å². The number of fused-ring (bicyclic) bond motifs is 3. The topological polar surface area (TPSA) is 16.4 Å². The van der Waals surface area contributed by atoms with Crippen molar-refractivity contribution in [3.05, 3.63) is 103 Å². The Balaban J connectivity index is 1.54. The largest absolute Gasteiger partial charge is 0.455 e. The van der Waals surface area contributed by atoms with E-state index in [-0.39, 0.29) is 5.54 Å². The highest BCUT2D eigenvalue weighted by molar-refractivity contribution is 6.09. The Kier molecular flexibility index (Phi) is 5.22. The maximum atomic E-state index is 6.25. The van der Waals surface area contributed by atoms with E-state index in [4.69, 9.17) is 4.42 Å². The van der Waals surface area contributed by atoms with Crippen LogP contribution >= 0.6 is 0 Å². The van der Waals surface area contributed by atoms with Crippen molar-refractivity contribution in [2.75, 3.05) is 11.9 Å². The van der Waals surface area contributed by atoms with Crippen LogP contribution in [-0.2, 0) is 5.54 Å². The first-order valence-electron chi connectivity index (χ1n) is 11.5. The molecule has 2 heteroatoms. The van der Waals surface area contributed by atoms with Gasteiger partial charge in [0.1, 0.15) is 11.2 Å². The fourth-order valence-corrected chi connectivity index (χ4v) is 5.16. The lowest BCUT2D eigenvalue weighted by Crippen LogP contribution is -2.43. The lowest BCUT2D eigenvalue weighted by molar-refractivity contribution is 0.389. The number of hydrogen-bond acceptors (Lipinski definition) is 2. The number of rotatable bonds is 6. The van der Waals surface area contributed by atoms with E-state index in [1.807, 2.05) is 12.1 Å². The van der Waals surface area contributed by atoms with E-state index in [1.54, 1.807) is 0 Å². The number of nitrogens with zero attached hydrogens (tertiary/aromatic N) is 1. The second kappa shape index (κ2) is 8.20. The first kappa shape index (κ1) is 20.4. The molecule has 0 unspecified atom stereocenters. The van der Waals surface area contributed by atoms with Crippen LogP contribution in [0.1, 0.15) is 32.3 Å². The molecule has 0 aliphatic rings. The third kappa shape index (κ3) is 3.18. The standard InChI is InChI=1S/C30H29NO/c1-4-30(5-2,23-12-7-6-8-13-23)31(3)24-20-18-22(19-21-24)25-15-11-16-27-26-14-9-10-17-28(26)32-29(25)27/h6-21H,4-5H2,1-3H3. The molecule has 1 aromatic heterocycles. The molecule has 0 aliphatic heterocycles. The number of benzene rings is 4. The summed E-state index contributed by atoms with van der Waals surface area (Å²) in [7, 11) is 2.22. The molecule has 5 rings (SSSR count). The molecule has 2 nitrogen and oxygen atoms in total. The van der Waals surface area contributed by atoms with Gasteiger partial charge in [0.25, 0.3) is 0 Å². The number of anilines is 1. The third-order valence-electron chi connectivity index (χ3n) is 7.09. The zero-order valence-electron chi connectivity index (χ0n) is 19.0. The molecule has 4 aromatic carbocycles. The summed E-state index contributed by atoms with van der Waals surface area (Å²) >= 11 is 0. The van der Waals surface area contributed by atoms with Gasteiger partial charge < -0.3 is 9.32 Å². The summed E-state index contributed by atoms with van der Waals surface area (Å²) < 4.78 is 6.25. The lowest BCUT2D eigenvalue weighted by atomic mass is 9.83. The molecular weight excluding hydrogens is 390 g/mol. The zero-order chi connectivity index (χ0) is 22.1. The summed E-state index contributed by atoms with van der Waals surface area (Å²) in [4.78, 5) is 2.44. The average Bonchev–Trinajstić information content (AvgIpc) is 3.25. The number of para-hydroxylation sites is 2. The summed E-state index contributed by atoms with van der Waals surface area (Å²) in [5, 5.41) is 2.33. The van der Waals surface area contributed by atoms with Gasteiger partial charge in [-0.1, -0.05) is 92.7 Å². The fourth-order valence-electron chi connectivity index (χ4n) is 5.16. The molecule has 0 fully saturated rings.